The van der Waals surface area contributed by atoms with Crippen molar-refractivity contribution in [1.82, 2.24) is 0 Å². The summed E-state index contributed by atoms with van der Waals surface area (Å²) >= 11 is 0. The average Bonchev–Trinajstić information content (AvgIpc) is 2.17. The number of hydrogen-bond donors (Lipinski definition) is 1. The molecule has 0 saturated heterocycles. The molecule has 2 heteroatoms. The van der Waals surface area contributed by atoms with Gasteiger partial charge in [0.15, 0.2) is 5.78 Å². The van der Waals surface area contributed by atoms with Crippen molar-refractivity contribution in [3.63, 3.8) is 0 Å². The molecule has 0 amide bonds. The fraction of sp³-hybridized carbons (Fsp3) is 0.462. The molecule has 82 valence electrons. The van der Waals surface area contributed by atoms with Crippen LogP contribution in [0.4, 0.5) is 0 Å². The van der Waals surface area contributed by atoms with Gasteiger partial charge in [-0.15, -0.1) is 0 Å². The van der Waals surface area contributed by atoms with Crippen molar-refractivity contribution in [2.24, 2.45) is 11.7 Å². The number of carbonyl (C=O) groups excluding carboxylic acids is 1. The van der Waals surface area contributed by atoms with Gasteiger partial charge in [0.05, 0.1) is 6.04 Å². The van der Waals surface area contributed by atoms with Crippen molar-refractivity contribution < 1.29 is 4.79 Å². The van der Waals surface area contributed by atoms with Crippen molar-refractivity contribution >= 4 is 5.78 Å². The highest BCUT2D eigenvalue weighted by Gasteiger charge is 2.10. The molecule has 0 saturated carbocycles. The molecule has 0 heterocycles. The summed E-state index contributed by atoms with van der Waals surface area (Å²) in [6, 6.07) is 7.33. The van der Waals surface area contributed by atoms with Crippen LogP contribution in [0.2, 0.25) is 0 Å². The highest BCUT2D eigenvalue weighted by atomic mass is 16.1. The van der Waals surface area contributed by atoms with Crippen LogP contribution in [0.5, 0.6) is 0 Å². The Morgan fingerprint density at radius 1 is 1.20 bits per heavy atom. The van der Waals surface area contributed by atoms with E-state index in [1.807, 2.05) is 24.3 Å². The lowest BCUT2D eigenvalue weighted by Crippen LogP contribution is -2.26. The second kappa shape index (κ2) is 5.08. The van der Waals surface area contributed by atoms with Gasteiger partial charge in [-0.2, -0.15) is 0 Å². The molecule has 1 atom stereocenters. The van der Waals surface area contributed by atoms with Crippen LogP contribution in [0, 0.1) is 5.92 Å². The first-order chi connectivity index (χ1) is 7.00. The lowest BCUT2D eigenvalue weighted by molar-refractivity contribution is 0.0968. The number of hydrogen-bond acceptors (Lipinski definition) is 2. The van der Waals surface area contributed by atoms with Crippen LogP contribution >= 0.6 is 0 Å². The smallest absolute Gasteiger partial charge is 0.179 e. The van der Waals surface area contributed by atoms with Gasteiger partial charge >= 0.3 is 0 Å². The van der Waals surface area contributed by atoms with Gasteiger partial charge in [0.1, 0.15) is 0 Å². The van der Waals surface area contributed by atoms with E-state index in [-0.39, 0.29) is 5.78 Å². The Balaban J connectivity index is 2.76. The molecule has 1 aromatic rings. The van der Waals surface area contributed by atoms with Gasteiger partial charge in [-0.25, -0.2) is 0 Å². The van der Waals surface area contributed by atoms with Crippen LogP contribution in [-0.2, 0) is 6.42 Å². The molecular formula is C13H19NO. The number of ketones is 1. The molecule has 0 aliphatic rings. The van der Waals surface area contributed by atoms with E-state index < -0.39 is 6.04 Å². The van der Waals surface area contributed by atoms with E-state index in [0.29, 0.717) is 11.5 Å². The predicted molar refractivity (Wildman–Crippen MR) is 63.0 cm³/mol. The summed E-state index contributed by atoms with van der Waals surface area (Å²) in [5.41, 5.74) is 7.51. The van der Waals surface area contributed by atoms with E-state index >= 15 is 0 Å². The zero-order valence-electron chi connectivity index (χ0n) is 9.66. The fourth-order valence-corrected chi connectivity index (χ4v) is 1.54. The predicted octanol–water partition coefficient (Wildman–Crippen LogP) is 2.42. The summed E-state index contributed by atoms with van der Waals surface area (Å²) in [6.07, 6.45) is 1.05. The number of carbonyl (C=O) groups is 1. The summed E-state index contributed by atoms with van der Waals surface area (Å²) in [6.45, 7) is 6.08. The van der Waals surface area contributed by atoms with Gasteiger partial charge in [0.2, 0.25) is 0 Å². The third-order valence-corrected chi connectivity index (χ3v) is 2.30. The Hall–Kier alpha value is -1.15. The third-order valence-electron chi connectivity index (χ3n) is 2.30. The highest BCUT2D eigenvalue weighted by molar-refractivity contribution is 5.99. The molecule has 0 radical (unpaired) electrons. The zero-order valence-corrected chi connectivity index (χ0v) is 9.66. The number of Topliss-reactive ketones (excluding diaryl/α,β-unsaturated/α-hetero) is 1. The van der Waals surface area contributed by atoms with Gasteiger partial charge in [-0.1, -0.05) is 38.1 Å². The van der Waals surface area contributed by atoms with Crippen LogP contribution in [0.25, 0.3) is 0 Å². The van der Waals surface area contributed by atoms with Crippen molar-refractivity contribution in [3.8, 4) is 0 Å². The van der Waals surface area contributed by atoms with E-state index in [9.17, 15) is 4.79 Å². The fourth-order valence-electron chi connectivity index (χ4n) is 1.54. The maximum absolute atomic E-state index is 11.6. The normalized spacial score (nSPS) is 12.9. The molecule has 0 aliphatic heterocycles. The maximum Gasteiger partial charge on any atom is 0.179 e. The summed E-state index contributed by atoms with van der Waals surface area (Å²) in [4.78, 5) is 11.6. The van der Waals surface area contributed by atoms with E-state index in [2.05, 4.69) is 13.8 Å². The summed E-state index contributed by atoms with van der Waals surface area (Å²) < 4.78 is 0. The second-order valence-electron chi connectivity index (χ2n) is 4.45. The Labute approximate surface area is 91.5 Å². The highest BCUT2D eigenvalue weighted by Crippen LogP contribution is 2.10. The average molecular weight is 205 g/mol. The second-order valence-corrected chi connectivity index (χ2v) is 4.45. The molecule has 1 aromatic carbocycles. The lowest BCUT2D eigenvalue weighted by Gasteiger charge is -2.07. The van der Waals surface area contributed by atoms with Crippen molar-refractivity contribution in [2.75, 3.05) is 0 Å². The van der Waals surface area contributed by atoms with Crippen LogP contribution in [0.1, 0.15) is 36.7 Å². The van der Waals surface area contributed by atoms with Gasteiger partial charge in [0, 0.05) is 5.56 Å². The van der Waals surface area contributed by atoms with Crippen molar-refractivity contribution in [2.45, 2.75) is 33.2 Å². The lowest BCUT2D eigenvalue weighted by atomic mass is 9.99. The van der Waals surface area contributed by atoms with Crippen molar-refractivity contribution in [1.29, 1.82) is 0 Å². The number of benzene rings is 1. The van der Waals surface area contributed by atoms with Crippen LogP contribution in [0.15, 0.2) is 24.3 Å². The number of rotatable bonds is 4. The quantitative estimate of drug-likeness (QED) is 0.767. The van der Waals surface area contributed by atoms with Gasteiger partial charge in [-0.3, -0.25) is 4.79 Å². The van der Waals surface area contributed by atoms with Crippen LogP contribution in [-0.4, -0.2) is 11.8 Å². The molecule has 0 bridgehead atoms. The Morgan fingerprint density at radius 2 is 1.73 bits per heavy atom. The summed E-state index contributed by atoms with van der Waals surface area (Å²) in [5.74, 6) is 0.645. The van der Waals surface area contributed by atoms with E-state index in [1.165, 1.54) is 5.56 Å². The van der Waals surface area contributed by atoms with Crippen LogP contribution < -0.4 is 5.73 Å². The molecule has 1 rings (SSSR count). The minimum atomic E-state index is -0.416. The molecule has 2 N–H and O–H groups in total. The molecule has 15 heavy (non-hydrogen) atoms. The summed E-state index contributed by atoms with van der Waals surface area (Å²) in [5, 5.41) is 0. The van der Waals surface area contributed by atoms with Gasteiger partial charge in [0.25, 0.3) is 0 Å². The minimum Gasteiger partial charge on any atom is -0.321 e. The molecule has 0 fully saturated rings. The van der Waals surface area contributed by atoms with Crippen LogP contribution in [0.3, 0.4) is 0 Å². The molecule has 0 aromatic heterocycles. The summed E-state index contributed by atoms with van der Waals surface area (Å²) in [7, 11) is 0. The molecular weight excluding hydrogens is 186 g/mol. The van der Waals surface area contributed by atoms with E-state index in [0.717, 1.165) is 6.42 Å². The number of nitrogens with two attached hydrogens (primary N) is 1. The standard InChI is InChI=1S/C13H19NO/c1-9(2)8-11-4-6-12(7-5-11)13(15)10(3)14/h4-7,9-10H,8,14H2,1-3H3. The maximum atomic E-state index is 11.6. The van der Waals surface area contributed by atoms with Gasteiger partial charge < -0.3 is 5.73 Å². The van der Waals surface area contributed by atoms with Crippen molar-refractivity contribution in [3.05, 3.63) is 35.4 Å². The Bertz CT molecular complexity index is 325. The first-order valence-electron chi connectivity index (χ1n) is 5.39. The zero-order chi connectivity index (χ0) is 11.4. The van der Waals surface area contributed by atoms with E-state index in [1.54, 1.807) is 6.92 Å². The van der Waals surface area contributed by atoms with Gasteiger partial charge in [-0.05, 0) is 24.8 Å². The molecule has 0 aliphatic carbocycles. The molecule has 2 nitrogen and oxygen atoms in total. The van der Waals surface area contributed by atoms with E-state index in [4.69, 9.17) is 5.73 Å². The third kappa shape index (κ3) is 3.48. The first kappa shape index (κ1) is 11.9. The topological polar surface area (TPSA) is 43.1 Å². The molecule has 0 spiro atoms. The largest absolute Gasteiger partial charge is 0.321 e. The minimum absolute atomic E-state index is 0.00565. The molecule has 1 unspecified atom stereocenters. The first-order valence-corrected chi connectivity index (χ1v) is 5.39. The Morgan fingerprint density at radius 3 is 2.13 bits per heavy atom. The Kier molecular flexibility index (Phi) is 4.04. The monoisotopic (exact) mass is 205 g/mol. The SMILES string of the molecule is CC(C)Cc1ccc(C(=O)C(C)N)cc1.